The molecule has 1 fully saturated rings. The maximum atomic E-state index is 12.4. The molecule has 0 bridgehead atoms. The molecule has 106 valence electrons. The number of benzene rings is 1. The predicted octanol–water partition coefficient (Wildman–Crippen LogP) is 4.04. The van der Waals surface area contributed by atoms with Crippen molar-refractivity contribution in [3.05, 3.63) is 29.8 Å². The van der Waals surface area contributed by atoms with Crippen LogP contribution in [0.2, 0.25) is 0 Å². The summed E-state index contributed by atoms with van der Waals surface area (Å²) in [5.74, 6) is 0.505. The van der Waals surface area contributed by atoms with Crippen LogP contribution >= 0.6 is 0 Å². The number of alkyl halides is 3. The number of rotatable bonds is 5. The summed E-state index contributed by atoms with van der Waals surface area (Å²) in [6.07, 6.45) is -0.234. The first-order chi connectivity index (χ1) is 8.99. The molecule has 0 amide bonds. The van der Waals surface area contributed by atoms with E-state index in [9.17, 15) is 13.2 Å². The average Bonchev–Trinajstić information content (AvgIpc) is 2.27. The molecule has 0 aromatic heterocycles. The third-order valence-electron chi connectivity index (χ3n) is 3.66. The van der Waals surface area contributed by atoms with Crippen LogP contribution in [0.3, 0.4) is 0 Å². The molecule has 1 N–H and O–H groups in total. The van der Waals surface area contributed by atoms with Gasteiger partial charge >= 0.3 is 6.36 Å². The molecule has 0 heterocycles. The molecule has 1 atom stereocenters. The molecule has 0 aliphatic heterocycles. The molecule has 1 aromatic rings. The molecule has 1 aliphatic carbocycles. The summed E-state index contributed by atoms with van der Waals surface area (Å²) in [5.41, 5.74) is 0.578. The molecule has 0 radical (unpaired) electrons. The Labute approximate surface area is 111 Å². The Morgan fingerprint density at radius 1 is 1.32 bits per heavy atom. The second-order valence-corrected chi connectivity index (χ2v) is 4.96. The molecule has 1 aliphatic rings. The normalized spacial score (nSPS) is 17.9. The van der Waals surface area contributed by atoms with Gasteiger partial charge in [-0.1, -0.05) is 37.5 Å². The van der Waals surface area contributed by atoms with Crippen LogP contribution in [0.4, 0.5) is 13.2 Å². The highest BCUT2D eigenvalue weighted by atomic mass is 19.4. The van der Waals surface area contributed by atoms with Gasteiger partial charge in [0.05, 0.1) is 0 Å². The molecule has 0 spiro atoms. The van der Waals surface area contributed by atoms with Crippen LogP contribution in [-0.2, 0) is 0 Å². The zero-order valence-electron chi connectivity index (χ0n) is 10.8. The molecule has 1 unspecified atom stereocenters. The van der Waals surface area contributed by atoms with Gasteiger partial charge in [0.1, 0.15) is 5.75 Å². The van der Waals surface area contributed by atoms with Gasteiger partial charge in [-0.2, -0.15) is 0 Å². The van der Waals surface area contributed by atoms with Crippen molar-refractivity contribution in [2.45, 2.75) is 38.1 Å². The fraction of sp³-hybridized carbons (Fsp3) is 0.571. The summed E-state index contributed by atoms with van der Waals surface area (Å²) < 4.78 is 41.3. The molecular weight excluding hydrogens is 255 g/mol. The molecule has 1 saturated carbocycles. The Morgan fingerprint density at radius 3 is 2.53 bits per heavy atom. The lowest BCUT2D eigenvalue weighted by molar-refractivity contribution is -0.275. The van der Waals surface area contributed by atoms with Gasteiger partial charge in [0, 0.05) is 11.6 Å². The minimum Gasteiger partial charge on any atom is -0.405 e. The Kier molecular flexibility index (Phi) is 4.34. The van der Waals surface area contributed by atoms with Gasteiger partial charge in [-0.05, 0) is 25.5 Å². The van der Waals surface area contributed by atoms with Crippen LogP contribution in [0.15, 0.2) is 24.3 Å². The lowest BCUT2D eigenvalue weighted by Crippen LogP contribution is -2.25. The van der Waals surface area contributed by atoms with Gasteiger partial charge in [0.25, 0.3) is 0 Å². The van der Waals surface area contributed by atoms with Crippen molar-refractivity contribution in [1.29, 1.82) is 0 Å². The first-order valence-corrected chi connectivity index (χ1v) is 6.51. The average molecular weight is 273 g/mol. The molecule has 0 saturated heterocycles. The highest BCUT2D eigenvalue weighted by molar-refractivity contribution is 5.36. The Bertz CT molecular complexity index is 415. The summed E-state index contributed by atoms with van der Waals surface area (Å²) in [6.45, 7) is 0. The number of nitrogens with one attached hydrogen (secondary N) is 1. The molecule has 2 rings (SSSR count). The van der Waals surface area contributed by atoms with Crippen molar-refractivity contribution in [2.24, 2.45) is 5.92 Å². The lowest BCUT2D eigenvalue weighted by atomic mass is 9.79. The van der Waals surface area contributed by atoms with Crippen molar-refractivity contribution in [1.82, 2.24) is 5.32 Å². The third-order valence-corrected chi connectivity index (χ3v) is 3.66. The monoisotopic (exact) mass is 273 g/mol. The quantitative estimate of drug-likeness (QED) is 0.874. The van der Waals surface area contributed by atoms with Gasteiger partial charge in [-0.25, -0.2) is 0 Å². The van der Waals surface area contributed by atoms with E-state index >= 15 is 0 Å². The summed E-state index contributed by atoms with van der Waals surface area (Å²) >= 11 is 0. The van der Waals surface area contributed by atoms with Crippen LogP contribution < -0.4 is 10.1 Å². The van der Waals surface area contributed by atoms with Crippen molar-refractivity contribution in [3.8, 4) is 5.75 Å². The van der Waals surface area contributed by atoms with E-state index in [2.05, 4.69) is 10.1 Å². The summed E-state index contributed by atoms with van der Waals surface area (Å²) in [4.78, 5) is 0. The Balaban J connectivity index is 2.15. The predicted molar refractivity (Wildman–Crippen MR) is 66.9 cm³/mol. The highest BCUT2D eigenvalue weighted by Gasteiger charge is 2.33. The smallest absolute Gasteiger partial charge is 0.405 e. The van der Waals surface area contributed by atoms with Crippen LogP contribution in [0.5, 0.6) is 5.75 Å². The largest absolute Gasteiger partial charge is 0.573 e. The fourth-order valence-electron chi connectivity index (χ4n) is 2.45. The van der Waals surface area contributed by atoms with E-state index in [1.54, 1.807) is 25.2 Å². The Morgan fingerprint density at radius 2 is 2.00 bits per heavy atom. The molecule has 1 aromatic carbocycles. The Hall–Kier alpha value is -1.23. The zero-order chi connectivity index (χ0) is 13.9. The van der Waals surface area contributed by atoms with E-state index in [1.165, 1.54) is 25.3 Å². The van der Waals surface area contributed by atoms with E-state index < -0.39 is 6.36 Å². The van der Waals surface area contributed by atoms with Crippen molar-refractivity contribution >= 4 is 0 Å². The van der Waals surface area contributed by atoms with Gasteiger partial charge in [-0.15, -0.1) is 13.2 Å². The first-order valence-electron chi connectivity index (χ1n) is 6.51. The number of hydrogen-bond acceptors (Lipinski definition) is 2. The summed E-state index contributed by atoms with van der Waals surface area (Å²) in [5, 5.41) is 3.10. The molecule has 19 heavy (non-hydrogen) atoms. The van der Waals surface area contributed by atoms with Crippen molar-refractivity contribution in [3.63, 3.8) is 0 Å². The van der Waals surface area contributed by atoms with E-state index in [0.717, 1.165) is 6.42 Å². The van der Waals surface area contributed by atoms with Crippen molar-refractivity contribution < 1.29 is 17.9 Å². The van der Waals surface area contributed by atoms with E-state index in [1.807, 2.05) is 0 Å². The maximum Gasteiger partial charge on any atom is 0.573 e. The molecular formula is C14H18F3NO. The molecule has 2 nitrogen and oxygen atoms in total. The highest BCUT2D eigenvalue weighted by Crippen LogP contribution is 2.38. The number of halogens is 3. The number of para-hydroxylation sites is 1. The van der Waals surface area contributed by atoms with Crippen LogP contribution in [0.1, 0.15) is 37.3 Å². The van der Waals surface area contributed by atoms with Crippen LogP contribution in [0.25, 0.3) is 0 Å². The minimum absolute atomic E-state index is 0.0937. The van der Waals surface area contributed by atoms with Crippen LogP contribution in [0, 0.1) is 5.92 Å². The van der Waals surface area contributed by atoms with Crippen LogP contribution in [-0.4, -0.2) is 13.4 Å². The SMILES string of the molecule is CNC(CC1CCC1)c1ccccc1OC(F)(F)F. The number of hydrogen-bond donors (Lipinski definition) is 1. The van der Waals surface area contributed by atoms with Gasteiger partial charge in [-0.3, -0.25) is 0 Å². The van der Waals surface area contributed by atoms with Gasteiger partial charge in [0.2, 0.25) is 0 Å². The van der Waals surface area contributed by atoms with E-state index in [-0.39, 0.29) is 11.8 Å². The minimum atomic E-state index is -4.65. The summed E-state index contributed by atoms with van der Waals surface area (Å²) in [6, 6.07) is 6.27. The maximum absolute atomic E-state index is 12.4. The standard InChI is InChI=1S/C14H18F3NO/c1-18-12(9-10-5-4-6-10)11-7-2-3-8-13(11)19-14(15,16)17/h2-3,7-8,10,12,18H,4-6,9H2,1H3. The lowest BCUT2D eigenvalue weighted by Gasteiger charge is -2.30. The van der Waals surface area contributed by atoms with Gasteiger partial charge < -0.3 is 10.1 Å². The molecule has 5 heteroatoms. The topological polar surface area (TPSA) is 21.3 Å². The van der Waals surface area contributed by atoms with Crippen molar-refractivity contribution in [2.75, 3.05) is 7.05 Å². The second kappa shape index (κ2) is 5.82. The van der Waals surface area contributed by atoms with E-state index in [0.29, 0.717) is 11.5 Å². The second-order valence-electron chi connectivity index (χ2n) is 4.96. The van der Waals surface area contributed by atoms with Gasteiger partial charge in [0.15, 0.2) is 0 Å². The first kappa shape index (κ1) is 14.2. The third kappa shape index (κ3) is 3.86. The van der Waals surface area contributed by atoms with E-state index in [4.69, 9.17) is 0 Å². The summed E-state index contributed by atoms with van der Waals surface area (Å²) in [7, 11) is 1.77. The zero-order valence-corrected chi connectivity index (χ0v) is 10.8. The fourth-order valence-corrected chi connectivity index (χ4v) is 2.45. The number of ether oxygens (including phenoxy) is 1.